The summed E-state index contributed by atoms with van der Waals surface area (Å²) in [6, 6.07) is 7.72. The quantitative estimate of drug-likeness (QED) is 0.860. The molecular formula is C13H15BrN4O. The Kier molecular flexibility index (Phi) is 4.68. The van der Waals surface area contributed by atoms with E-state index in [1.54, 1.807) is 11.0 Å². The van der Waals surface area contributed by atoms with Gasteiger partial charge in [-0.2, -0.15) is 5.10 Å². The number of rotatable bonds is 5. The van der Waals surface area contributed by atoms with Gasteiger partial charge in [-0.05, 0) is 24.1 Å². The van der Waals surface area contributed by atoms with Gasteiger partial charge in [0.05, 0.1) is 11.4 Å². The lowest BCUT2D eigenvalue weighted by atomic mass is 10.2. The minimum absolute atomic E-state index is 0.0274. The molecule has 0 aliphatic heterocycles. The molecule has 1 N–H and O–H groups in total. The van der Waals surface area contributed by atoms with Gasteiger partial charge in [-0.15, -0.1) is 0 Å². The number of carbonyl (C=O) groups is 1. The van der Waals surface area contributed by atoms with E-state index in [1.165, 1.54) is 6.33 Å². The van der Waals surface area contributed by atoms with Crippen molar-refractivity contribution >= 4 is 27.5 Å². The Bertz CT molecular complexity index is 541. The van der Waals surface area contributed by atoms with Gasteiger partial charge in [0.15, 0.2) is 0 Å². The average Bonchev–Trinajstić information content (AvgIpc) is 2.91. The van der Waals surface area contributed by atoms with Gasteiger partial charge >= 0.3 is 0 Å². The summed E-state index contributed by atoms with van der Waals surface area (Å²) in [5, 5.41) is 6.94. The molecule has 0 fully saturated rings. The molecule has 5 nitrogen and oxygen atoms in total. The summed E-state index contributed by atoms with van der Waals surface area (Å²) in [4.78, 5) is 15.5. The van der Waals surface area contributed by atoms with Crippen LogP contribution in [0.1, 0.15) is 18.9 Å². The van der Waals surface area contributed by atoms with E-state index in [2.05, 4.69) is 31.3 Å². The second-order valence-electron chi connectivity index (χ2n) is 4.16. The van der Waals surface area contributed by atoms with Gasteiger partial charge in [0, 0.05) is 5.69 Å². The molecule has 0 bridgehead atoms. The molecule has 0 aliphatic carbocycles. The number of aromatic nitrogens is 3. The zero-order valence-corrected chi connectivity index (χ0v) is 12.2. The first-order valence-electron chi connectivity index (χ1n) is 6.05. The van der Waals surface area contributed by atoms with E-state index in [1.807, 2.05) is 31.2 Å². The summed E-state index contributed by atoms with van der Waals surface area (Å²) in [6.45, 7) is 2.59. The second kappa shape index (κ2) is 6.47. The number of carbonyl (C=O) groups excluding carboxylic acids is 1. The lowest BCUT2D eigenvalue weighted by Crippen LogP contribution is -2.22. The van der Waals surface area contributed by atoms with E-state index in [9.17, 15) is 4.79 Å². The number of amides is 1. The first kappa shape index (κ1) is 13.7. The molecule has 6 heteroatoms. The maximum Gasteiger partial charge on any atom is 0.238 e. The van der Waals surface area contributed by atoms with Gasteiger partial charge < -0.3 is 5.32 Å². The highest BCUT2D eigenvalue weighted by molar-refractivity contribution is 9.10. The maximum absolute atomic E-state index is 11.8. The lowest BCUT2D eigenvalue weighted by molar-refractivity contribution is -0.115. The minimum Gasteiger partial charge on any atom is -0.325 e. The first-order chi connectivity index (χ1) is 9.19. The smallest absolute Gasteiger partial charge is 0.238 e. The monoisotopic (exact) mass is 322 g/mol. The predicted octanol–water partition coefficient (Wildman–Crippen LogP) is 2.44. The molecule has 2 rings (SSSR count). The molecule has 1 unspecified atom stereocenters. The van der Waals surface area contributed by atoms with E-state index in [-0.39, 0.29) is 10.7 Å². The Hall–Kier alpha value is -1.69. The molecule has 1 aromatic heterocycles. The number of hydrogen-bond acceptors (Lipinski definition) is 3. The molecule has 2 aromatic rings. The van der Waals surface area contributed by atoms with Crippen LogP contribution in [0, 0.1) is 0 Å². The molecule has 0 saturated carbocycles. The number of alkyl halides is 1. The summed E-state index contributed by atoms with van der Waals surface area (Å²) in [5.41, 5.74) is 1.85. The number of hydrogen-bond donors (Lipinski definition) is 1. The number of nitrogens with zero attached hydrogens (tertiary/aromatic N) is 3. The van der Waals surface area contributed by atoms with Crippen LogP contribution in [0.25, 0.3) is 0 Å². The Balaban J connectivity index is 2.05. The zero-order chi connectivity index (χ0) is 13.7. The molecule has 1 amide bonds. The molecule has 1 atom stereocenters. The summed E-state index contributed by atoms with van der Waals surface area (Å²) in [7, 11) is 0. The van der Waals surface area contributed by atoms with Crippen LogP contribution in [0.4, 0.5) is 5.69 Å². The van der Waals surface area contributed by atoms with Gasteiger partial charge in [-0.1, -0.05) is 35.0 Å². The molecule has 19 heavy (non-hydrogen) atoms. The largest absolute Gasteiger partial charge is 0.325 e. The molecule has 0 aliphatic rings. The van der Waals surface area contributed by atoms with Crippen molar-refractivity contribution in [3.05, 3.63) is 42.5 Å². The highest BCUT2D eigenvalue weighted by atomic mass is 79.9. The van der Waals surface area contributed by atoms with E-state index < -0.39 is 0 Å². The topological polar surface area (TPSA) is 59.8 Å². The fraction of sp³-hybridized carbons (Fsp3) is 0.308. The van der Waals surface area contributed by atoms with E-state index >= 15 is 0 Å². The van der Waals surface area contributed by atoms with Crippen molar-refractivity contribution in [1.29, 1.82) is 0 Å². The molecule has 0 radical (unpaired) electrons. The third kappa shape index (κ3) is 3.89. The maximum atomic E-state index is 11.8. The first-order valence-corrected chi connectivity index (χ1v) is 6.97. The van der Waals surface area contributed by atoms with Gasteiger partial charge in [0.1, 0.15) is 12.7 Å². The Morgan fingerprint density at radius 3 is 3.05 bits per heavy atom. The highest BCUT2D eigenvalue weighted by Gasteiger charge is 2.12. The van der Waals surface area contributed by atoms with Crippen molar-refractivity contribution in [3.8, 4) is 0 Å². The molecule has 1 heterocycles. The van der Waals surface area contributed by atoms with Crippen LogP contribution < -0.4 is 5.32 Å². The number of nitrogens with one attached hydrogen (secondary N) is 1. The van der Waals surface area contributed by atoms with Crippen LogP contribution >= 0.6 is 15.9 Å². The van der Waals surface area contributed by atoms with Crippen molar-refractivity contribution in [3.63, 3.8) is 0 Å². The van der Waals surface area contributed by atoms with Gasteiger partial charge in [0.2, 0.25) is 5.91 Å². The van der Waals surface area contributed by atoms with E-state index in [0.717, 1.165) is 17.7 Å². The van der Waals surface area contributed by atoms with Gasteiger partial charge in [0.25, 0.3) is 0 Å². The molecule has 0 spiro atoms. The van der Waals surface area contributed by atoms with Crippen molar-refractivity contribution < 1.29 is 4.79 Å². The fourth-order valence-corrected chi connectivity index (χ4v) is 1.77. The lowest BCUT2D eigenvalue weighted by Gasteiger charge is -2.10. The molecule has 100 valence electrons. The number of halogens is 1. The minimum atomic E-state index is -0.161. The van der Waals surface area contributed by atoms with Crippen molar-refractivity contribution in [2.24, 2.45) is 0 Å². The van der Waals surface area contributed by atoms with Gasteiger partial charge in [-0.3, -0.25) is 4.79 Å². The third-order valence-corrected chi connectivity index (χ3v) is 3.71. The molecule has 1 aromatic carbocycles. The Labute approximate surface area is 120 Å². The average molecular weight is 323 g/mol. The Morgan fingerprint density at radius 1 is 1.53 bits per heavy atom. The summed E-state index contributed by atoms with van der Waals surface area (Å²) < 4.78 is 1.74. The van der Waals surface area contributed by atoms with Crippen LogP contribution in [0.2, 0.25) is 0 Å². The summed E-state index contributed by atoms with van der Waals surface area (Å²) >= 11 is 3.33. The highest BCUT2D eigenvalue weighted by Crippen LogP contribution is 2.14. The molecular weight excluding hydrogens is 308 g/mol. The number of anilines is 1. The van der Waals surface area contributed by atoms with Crippen LogP contribution in [0.15, 0.2) is 36.9 Å². The second-order valence-corrected chi connectivity index (χ2v) is 5.26. The summed E-state index contributed by atoms with van der Waals surface area (Å²) in [5.74, 6) is -0.0274. The normalized spacial score (nSPS) is 12.1. The van der Waals surface area contributed by atoms with Crippen LogP contribution in [-0.2, 0) is 11.3 Å². The third-order valence-electron chi connectivity index (χ3n) is 2.65. The zero-order valence-electron chi connectivity index (χ0n) is 10.6. The van der Waals surface area contributed by atoms with Crippen molar-refractivity contribution in [1.82, 2.24) is 14.8 Å². The SMILES string of the molecule is CCC(Br)C(=O)Nc1cccc(Cn2cncn2)c1. The van der Waals surface area contributed by atoms with E-state index in [4.69, 9.17) is 0 Å². The number of benzene rings is 1. The summed E-state index contributed by atoms with van der Waals surface area (Å²) in [6.07, 6.45) is 3.92. The Morgan fingerprint density at radius 2 is 2.37 bits per heavy atom. The van der Waals surface area contributed by atoms with Crippen LogP contribution in [-0.4, -0.2) is 25.5 Å². The van der Waals surface area contributed by atoms with Crippen LogP contribution in [0.5, 0.6) is 0 Å². The predicted molar refractivity (Wildman–Crippen MR) is 77.2 cm³/mol. The standard InChI is InChI=1S/C13H15BrN4O/c1-2-12(14)13(19)17-11-5-3-4-10(6-11)7-18-9-15-8-16-18/h3-6,8-9,12H,2,7H2,1H3,(H,17,19). The van der Waals surface area contributed by atoms with Gasteiger partial charge in [-0.25, -0.2) is 9.67 Å². The van der Waals surface area contributed by atoms with Crippen molar-refractivity contribution in [2.75, 3.05) is 5.32 Å². The fourth-order valence-electron chi connectivity index (χ4n) is 1.65. The molecule has 0 saturated heterocycles. The van der Waals surface area contributed by atoms with Crippen molar-refractivity contribution in [2.45, 2.75) is 24.7 Å². The van der Waals surface area contributed by atoms with E-state index in [0.29, 0.717) is 6.54 Å². The van der Waals surface area contributed by atoms with Crippen LogP contribution in [0.3, 0.4) is 0 Å².